The van der Waals surface area contributed by atoms with Gasteiger partial charge >= 0.3 is 0 Å². The largest absolute Gasteiger partial charge is 0.394 e. The first-order chi connectivity index (χ1) is 6.78. The van der Waals surface area contributed by atoms with E-state index in [0.717, 1.165) is 0 Å². The summed E-state index contributed by atoms with van der Waals surface area (Å²) in [6, 6.07) is 0. The minimum absolute atomic E-state index is 0.0378. The molecule has 0 aromatic rings. The van der Waals surface area contributed by atoms with Crippen LogP contribution >= 0.6 is 0 Å². The summed E-state index contributed by atoms with van der Waals surface area (Å²) in [6.07, 6.45) is 0.0315. The van der Waals surface area contributed by atoms with Gasteiger partial charge < -0.3 is 14.6 Å². The quantitative estimate of drug-likeness (QED) is 0.765. The molecule has 3 unspecified atom stereocenters. The van der Waals surface area contributed by atoms with E-state index in [9.17, 15) is 5.11 Å². The molecular weight excluding hydrogens is 192 g/mol. The molecule has 0 aromatic heterocycles. The molecule has 1 saturated heterocycles. The average molecular weight is 216 g/mol. The lowest BCUT2D eigenvalue weighted by molar-refractivity contribution is -0.248. The molecule has 1 heterocycles. The molecule has 0 aromatic carbocycles. The van der Waals surface area contributed by atoms with Crippen LogP contribution in [0.15, 0.2) is 0 Å². The van der Waals surface area contributed by atoms with Crippen LogP contribution < -0.4 is 0 Å². The summed E-state index contributed by atoms with van der Waals surface area (Å²) in [4.78, 5) is 0. The van der Waals surface area contributed by atoms with Crippen molar-refractivity contribution in [1.82, 2.24) is 0 Å². The molecule has 1 N–H and O–H groups in total. The molecule has 1 aliphatic rings. The van der Waals surface area contributed by atoms with Crippen LogP contribution in [0.25, 0.3) is 0 Å². The second kappa shape index (κ2) is 4.04. The van der Waals surface area contributed by atoms with Crippen molar-refractivity contribution in [2.75, 3.05) is 13.7 Å². The van der Waals surface area contributed by atoms with Gasteiger partial charge in [0.05, 0.1) is 24.9 Å². The van der Waals surface area contributed by atoms with E-state index in [1.165, 1.54) is 0 Å². The van der Waals surface area contributed by atoms with Gasteiger partial charge in [0.15, 0.2) is 0 Å². The third-order valence-corrected chi connectivity index (χ3v) is 4.00. The Kier molecular flexibility index (Phi) is 3.49. The monoisotopic (exact) mass is 216 g/mol. The summed E-state index contributed by atoms with van der Waals surface area (Å²) >= 11 is 0. The van der Waals surface area contributed by atoms with Crippen LogP contribution in [0.1, 0.15) is 34.6 Å². The Bertz CT molecular complexity index is 223. The molecule has 0 radical (unpaired) electrons. The topological polar surface area (TPSA) is 38.7 Å². The van der Waals surface area contributed by atoms with Gasteiger partial charge in [0.1, 0.15) is 0 Å². The van der Waals surface area contributed by atoms with E-state index in [-0.39, 0.29) is 35.7 Å². The molecule has 0 spiro atoms. The Balaban J connectivity index is 3.03. The fourth-order valence-corrected chi connectivity index (χ4v) is 2.82. The molecule has 0 saturated carbocycles. The second-order valence-corrected chi connectivity index (χ2v) is 5.71. The Morgan fingerprint density at radius 1 is 1.20 bits per heavy atom. The third-order valence-electron chi connectivity index (χ3n) is 4.00. The van der Waals surface area contributed by atoms with Crippen molar-refractivity contribution >= 4 is 0 Å². The maximum Gasteiger partial charge on any atom is 0.0885 e. The van der Waals surface area contributed by atoms with Crippen LogP contribution in [-0.4, -0.2) is 37.1 Å². The lowest BCUT2D eigenvalue weighted by Crippen LogP contribution is -2.61. The van der Waals surface area contributed by atoms with Gasteiger partial charge in [0, 0.05) is 17.9 Å². The van der Waals surface area contributed by atoms with Gasteiger partial charge in [-0.05, 0) is 6.92 Å². The lowest BCUT2D eigenvalue weighted by Gasteiger charge is -2.54. The zero-order valence-corrected chi connectivity index (χ0v) is 10.7. The molecule has 1 aliphatic heterocycles. The van der Waals surface area contributed by atoms with Crippen molar-refractivity contribution in [3.05, 3.63) is 0 Å². The Labute approximate surface area is 92.8 Å². The Morgan fingerprint density at radius 3 is 2.13 bits per heavy atom. The zero-order valence-electron chi connectivity index (χ0n) is 10.7. The number of methoxy groups -OCH3 is 1. The van der Waals surface area contributed by atoms with Crippen LogP contribution in [0.5, 0.6) is 0 Å². The van der Waals surface area contributed by atoms with Crippen molar-refractivity contribution in [2.45, 2.75) is 52.9 Å². The van der Waals surface area contributed by atoms with Gasteiger partial charge in [-0.15, -0.1) is 0 Å². The van der Waals surface area contributed by atoms with E-state index in [1.54, 1.807) is 7.11 Å². The zero-order chi connectivity index (χ0) is 11.9. The van der Waals surface area contributed by atoms with Gasteiger partial charge in [0.25, 0.3) is 0 Å². The summed E-state index contributed by atoms with van der Waals surface area (Å²) in [5, 5.41) is 9.35. The summed E-state index contributed by atoms with van der Waals surface area (Å²) in [5.41, 5.74) is -0.205. The molecule has 3 heteroatoms. The van der Waals surface area contributed by atoms with Crippen LogP contribution in [0.2, 0.25) is 0 Å². The predicted molar refractivity (Wildman–Crippen MR) is 59.8 cm³/mol. The SMILES string of the molecule is COC1C(C)(C)C(C)OC(CO)C1(C)C. The molecule has 15 heavy (non-hydrogen) atoms. The highest BCUT2D eigenvalue weighted by Crippen LogP contribution is 2.47. The minimum Gasteiger partial charge on any atom is -0.394 e. The van der Waals surface area contributed by atoms with Crippen molar-refractivity contribution in [3.63, 3.8) is 0 Å². The lowest BCUT2D eigenvalue weighted by atomic mass is 9.64. The van der Waals surface area contributed by atoms with E-state index in [4.69, 9.17) is 9.47 Å². The molecule has 1 rings (SSSR count). The van der Waals surface area contributed by atoms with Crippen molar-refractivity contribution < 1.29 is 14.6 Å². The van der Waals surface area contributed by atoms with E-state index in [2.05, 4.69) is 27.7 Å². The third kappa shape index (κ3) is 1.93. The van der Waals surface area contributed by atoms with Gasteiger partial charge in [-0.25, -0.2) is 0 Å². The van der Waals surface area contributed by atoms with Crippen LogP contribution in [0.4, 0.5) is 0 Å². The van der Waals surface area contributed by atoms with Crippen LogP contribution in [-0.2, 0) is 9.47 Å². The van der Waals surface area contributed by atoms with Crippen molar-refractivity contribution in [2.24, 2.45) is 10.8 Å². The van der Waals surface area contributed by atoms with Gasteiger partial charge in [-0.2, -0.15) is 0 Å². The number of aliphatic hydroxyl groups is 1. The van der Waals surface area contributed by atoms with Gasteiger partial charge in [-0.1, -0.05) is 27.7 Å². The molecule has 3 nitrogen and oxygen atoms in total. The second-order valence-electron chi connectivity index (χ2n) is 5.71. The smallest absolute Gasteiger partial charge is 0.0885 e. The fourth-order valence-electron chi connectivity index (χ4n) is 2.82. The normalized spacial score (nSPS) is 39.0. The first-order valence-electron chi connectivity index (χ1n) is 5.57. The van der Waals surface area contributed by atoms with Gasteiger partial charge in [-0.3, -0.25) is 0 Å². The molecular formula is C12H24O3. The van der Waals surface area contributed by atoms with Crippen molar-refractivity contribution in [3.8, 4) is 0 Å². The summed E-state index contributed by atoms with van der Waals surface area (Å²) in [6.45, 7) is 10.6. The highest BCUT2D eigenvalue weighted by molar-refractivity contribution is 5.01. The maximum absolute atomic E-state index is 9.35. The molecule has 0 amide bonds. The fraction of sp³-hybridized carbons (Fsp3) is 1.00. The van der Waals surface area contributed by atoms with Crippen molar-refractivity contribution in [1.29, 1.82) is 0 Å². The number of rotatable bonds is 2. The summed E-state index contributed by atoms with van der Waals surface area (Å²) in [5.74, 6) is 0. The maximum atomic E-state index is 9.35. The Morgan fingerprint density at radius 2 is 1.73 bits per heavy atom. The molecule has 0 aliphatic carbocycles. The first-order valence-corrected chi connectivity index (χ1v) is 5.57. The first kappa shape index (κ1) is 12.9. The number of hydrogen-bond donors (Lipinski definition) is 1. The summed E-state index contributed by atoms with van der Waals surface area (Å²) < 4.78 is 11.5. The minimum atomic E-state index is -0.167. The van der Waals surface area contributed by atoms with E-state index in [1.807, 2.05) is 6.92 Å². The van der Waals surface area contributed by atoms with E-state index >= 15 is 0 Å². The Hall–Kier alpha value is -0.120. The number of aliphatic hydroxyl groups excluding tert-OH is 1. The van der Waals surface area contributed by atoms with E-state index in [0.29, 0.717) is 0 Å². The number of ether oxygens (including phenoxy) is 2. The molecule has 0 bridgehead atoms. The average Bonchev–Trinajstić information content (AvgIpc) is 2.11. The molecule has 3 atom stereocenters. The highest BCUT2D eigenvalue weighted by atomic mass is 16.5. The van der Waals surface area contributed by atoms with Gasteiger partial charge in [0.2, 0.25) is 0 Å². The van der Waals surface area contributed by atoms with E-state index < -0.39 is 0 Å². The summed E-state index contributed by atoms with van der Waals surface area (Å²) in [7, 11) is 1.74. The predicted octanol–water partition coefficient (Wildman–Crippen LogP) is 1.83. The standard InChI is InChI=1S/C12H24O3/c1-8-11(2,3)10(14-6)12(4,5)9(7-13)15-8/h8-10,13H,7H2,1-6H3. The highest BCUT2D eigenvalue weighted by Gasteiger charge is 2.53. The van der Waals surface area contributed by atoms with Crippen LogP contribution in [0.3, 0.4) is 0 Å². The van der Waals surface area contributed by atoms with Crippen LogP contribution in [0, 0.1) is 10.8 Å². The number of hydrogen-bond acceptors (Lipinski definition) is 3. The molecule has 90 valence electrons. The molecule has 1 fully saturated rings.